The fourth-order valence-electron chi connectivity index (χ4n) is 2.10. The van der Waals surface area contributed by atoms with Crippen LogP contribution in [-0.2, 0) is 4.74 Å². The second-order valence-corrected chi connectivity index (χ2v) is 5.26. The Kier molecular flexibility index (Phi) is 4.89. The minimum Gasteiger partial charge on any atom is -0.385 e. The molecule has 2 N–H and O–H groups in total. The number of hydrogen-bond donors (Lipinski definition) is 2. The number of amides is 1. The quantitative estimate of drug-likeness (QED) is 0.753. The number of aromatic nitrogens is 2. The predicted octanol–water partition coefficient (Wildman–Crippen LogP) is 1.45. The fourth-order valence-corrected chi connectivity index (χ4v) is 2.10. The van der Waals surface area contributed by atoms with Gasteiger partial charge in [-0.25, -0.2) is 0 Å². The normalized spacial score (nSPS) is 15.7. The third kappa shape index (κ3) is 3.90. The zero-order chi connectivity index (χ0) is 14.4. The number of carbonyl (C=O) groups excluding carboxylic acids is 1. The highest BCUT2D eigenvalue weighted by Crippen LogP contribution is 2.48. The second-order valence-electron chi connectivity index (χ2n) is 5.26. The third-order valence-electron chi connectivity index (χ3n) is 3.67. The van der Waals surface area contributed by atoms with E-state index < -0.39 is 0 Å². The number of nitrogens with zero attached hydrogens (tertiary/aromatic N) is 2. The molecule has 110 valence electrons. The van der Waals surface area contributed by atoms with Gasteiger partial charge in [-0.15, -0.1) is 10.2 Å². The molecule has 0 unspecified atom stereocenters. The van der Waals surface area contributed by atoms with Crippen LogP contribution in [0.1, 0.15) is 36.7 Å². The zero-order valence-electron chi connectivity index (χ0n) is 12.1. The molecule has 1 aromatic heterocycles. The van der Waals surface area contributed by atoms with E-state index >= 15 is 0 Å². The largest absolute Gasteiger partial charge is 0.385 e. The van der Waals surface area contributed by atoms with Crippen molar-refractivity contribution in [2.24, 2.45) is 5.41 Å². The summed E-state index contributed by atoms with van der Waals surface area (Å²) in [5.74, 6) is 0.520. The number of carbonyl (C=O) groups is 1. The van der Waals surface area contributed by atoms with E-state index in [-0.39, 0.29) is 11.3 Å². The first kappa shape index (κ1) is 14.7. The van der Waals surface area contributed by atoms with E-state index in [1.165, 1.54) is 0 Å². The van der Waals surface area contributed by atoms with E-state index in [9.17, 15) is 4.79 Å². The van der Waals surface area contributed by atoms with Crippen LogP contribution in [0.5, 0.6) is 0 Å². The number of rotatable bonds is 8. The maximum absolute atomic E-state index is 12.0. The van der Waals surface area contributed by atoms with Crippen LogP contribution in [0.3, 0.4) is 0 Å². The molecule has 1 heterocycles. The Bertz CT molecular complexity index is 443. The van der Waals surface area contributed by atoms with Crippen molar-refractivity contribution < 1.29 is 9.53 Å². The molecular weight excluding hydrogens is 256 g/mol. The van der Waals surface area contributed by atoms with Crippen LogP contribution in [0.25, 0.3) is 0 Å². The number of methoxy groups -OCH3 is 1. The summed E-state index contributed by atoms with van der Waals surface area (Å²) in [5, 5.41) is 13.9. The molecule has 1 aliphatic rings. The fraction of sp³-hybridized carbons (Fsp3) is 0.643. The Balaban J connectivity index is 1.82. The molecule has 0 spiro atoms. The summed E-state index contributed by atoms with van der Waals surface area (Å²) in [6.07, 6.45) is 3.30. The number of nitrogens with one attached hydrogen (secondary N) is 2. The van der Waals surface area contributed by atoms with Crippen LogP contribution in [0.15, 0.2) is 12.1 Å². The second kappa shape index (κ2) is 6.65. The predicted molar refractivity (Wildman–Crippen MR) is 76.7 cm³/mol. The highest BCUT2D eigenvalue weighted by Gasteiger charge is 2.42. The Morgan fingerprint density at radius 1 is 1.40 bits per heavy atom. The lowest BCUT2D eigenvalue weighted by molar-refractivity contribution is 0.0932. The molecule has 6 heteroatoms. The average molecular weight is 278 g/mol. The van der Waals surface area contributed by atoms with Crippen LogP contribution in [0.2, 0.25) is 0 Å². The molecule has 20 heavy (non-hydrogen) atoms. The van der Waals surface area contributed by atoms with Crippen LogP contribution < -0.4 is 10.6 Å². The van der Waals surface area contributed by atoms with Crippen LogP contribution in [0, 0.1) is 5.41 Å². The van der Waals surface area contributed by atoms with Gasteiger partial charge in [-0.1, -0.05) is 0 Å². The maximum atomic E-state index is 12.0. The summed E-state index contributed by atoms with van der Waals surface area (Å²) < 4.78 is 5.10. The van der Waals surface area contributed by atoms with Gasteiger partial charge >= 0.3 is 0 Å². The molecule has 0 bridgehead atoms. The molecule has 0 atom stereocenters. The monoisotopic (exact) mass is 278 g/mol. The van der Waals surface area contributed by atoms with Gasteiger partial charge in [0.2, 0.25) is 0 Å². The van der Waals surface area contributed by atoms with Crippen LogP contribution in [-0.4, -0.2) is 42.9 Å². The van der Waals surface area contributed by atoms with E-state index in [1.807, 2.05) is 6.92 Å². The molecule has 1 aromatic rings. The minimum atomic E-state index is -0.163. The average Bonchev–Trinajstić information content (AvgIpc) is 3.24. The summed E-state index contributed by atoms with van der Waals surface area (Å²) in [4.78, 5) is 12.0. The van der Waals surface area contributed by atoms with E-state index in [0.717, 1.165) is 32.4 Å². The lowest BCUT2D eigenvalue weighted by Gasteiger charge is -2.15. The lowest BCUT2D eigenvalue weighted by atomic mass is 10.0. The molecule has 6 nitrogen and oxygen atoms in total. The Morgan fingerprint density at radius 3 is 2.75 bits per heavy atom. The summed E-state index contributed by atoms with van der Waals surface area (Å²) in [6, 6.07) is 3.46. The van der Waals surface area contributed by atoms with Crippen molar-refractivity contribution in [1.29, 1.82) is 0 Å². The van der Waals surface area contributed by atoms with Gasteiger partial charge in [0, 0.05) is 26.8 Å². The van der Waals surface area contributed by atoms with Gasteiger partial charge in [0.25, 0.3) is 5.91 Å². The van der Waals surface area contributed by atoms with Gasteiger partial charge < -0.3 is 15.4 Å². The Hall–Kier alpha value is -1.69. The minimum absolute atomic E-state index is 0.163. The Labute approximate surface area is 119 Å². The highest BCUT2D eigenvalue weighted by atomic mass is 16.5. The summed E-state index contributed by atoms with van der Waals surface area (Å²) in [5.41, 5.74) is 0.595. The molecule has 1 aliphatic carbocycles. The molecule has 1 fully saturated rings. The van der Waals surface area contributed by atoms with Gasteiger partial charge in [0.05, 0.1) is 0 Å². The van der Waals surface area contributed by atoms with Gasteiger partial charge in [-0.05, 0) is 43.7 Å². The number of ether oxygens (including phenoxy) is 1. The molecular formula is C14H22N4O2. The summed E-state index contributed by atoms with van der Waals surface area (Å²) >= 11 is 0. The highest BCUT2D eigenvalue weighted by molar-refractivity contribution is 5.92. The number of anilines is 1. The third-order valence-corrected chi connectivity index (χ3v) is 3.67. The molecule has 0 aliphatic heterocycles. The molecule has 0 saturated heterocycles. The molecule has 1 amide bonds. The summed E-state index contributed by atoms with van der Waals surface area (Å²) in [7, 11) is 1.70. The van der Waals surface area contributed by atoms with Crippen LogP contribution in [0.4, 0.5) is 5.82 Å². The van der Waals surface area contributed by atoms with Gasteiger partial charge in [0.1, 0.15) is 5.82 Å². The lowest BCUT2D eigenvalue weighted by Crippen LogP contribution is -2.31. The van der Waals surface area contributed by atoms with Crippen molar-refractivity contribution in [1.82, 2.24) is 15.5 Å². The maximum Gasteiger partial charge on any atom is 0.271 e. The van der Waals surface area contributed by atoms with Crippen molar-refractivity contribution in [2.45, 2.75) is 26.2 Å². The van der Waals surface area contributed by atoms with E-state index in [1.54, 1.807) is 19.2 Å². The van der Waals surface area contributed by atoms with E-state index in [4.69, 9.17) is 4.74 Å². The van der Waals surface area contributed by atoms with Crippen molar-refractivity contribution in [3.63, 3.8) is 0 Å². The topological polar surface area (TPSA) is 76.1 Å². The van der Waals surface area contributed by atoms with Crippen molar-refractivity contribution in [2.75, 3.05) is 32.1 Å². The van der Waals surface area contributed by atoms with Gasteiger partial charge in [-0.3, -0.25) is 4.79 Å². The first-order valence-electron chi connectivity index (χ1n) is 7.04. The van der Waals surface area contributed by atoms with Gasteiger partial charge in [0.15, 0.2) is 5.69 Å². The van der Waals surface area contributed by atoms with Crippen molar-refractivity contribution in [3.05, 3.63) is 17.8 Å². The Morgan fingerprint density at radius 2 is 2.20 bits per heavy atom. The molecule has 1 saturated carbocycles. The molecule has 2 rings (SSSR count). The first-order valence-corrected chi connectivity index (χ1v) is 7.04. The van der Waals surface area contributed by atoms with Crippen molar-refractivity contribution in [3.8, 4) is 0 Å². The van der Waals surface area contributed by atoms with E-state index in [2.05, 4.69) is 20.8 Å². The van der Waals surface area contributed by atoms with Crippen LogP contribution >= 0.6 is 0 Å². The standard InChI is InChI=1S/C14H22N4O2/c1-3-15-12-5-4-11(17-18-12)13(19)16-10-14(6-7-14)8-9-20-2/h4-5H,3,6-10H2,1-2H3,(H,15,18)(H,16,19). The number of hydrogen-bond acceptors (Lipinski definition) is 5. The van der Waals surface area contributed by atoms with Gasteiger partial charge in [-0.2, -0.15) is 0 Å². The SMILES string of the molecule is CCNc1ccc(C(=O)NCC2(CCOC)CC2)nn1. The zero-order valence-corrected chi connectivity index (χ0v) is 12.1. The smallest absolute Gasteiger partial charge is 0.271 e. The van der Waals surface area contributed by atoms with E-state index in [0.29, 0.717) is 18.1 Å². The summed E-state index contributed by atoms with van der Waals surface area (Å²) in [6.45, 7) is 4.19. The molecule has 0 aromatic carbocycles. The van der Waals surface area contributed by atoms with Crippen molar-refractivity contribution >= 4 is 11.7 Å². The first-order chi connectivity index (χ1) is 9.69. The molecule has 0 radical (unpaired) electrons.